The second-order valence-electron chi connectivity index (χ2n) is 8.64. The van der Waals surface area contributed by atoms with Crippen LogP contribution in [-0.4, -0.2) is 79.9 Å². The van der Waals surface area contributed by atoms with Gasteiger partial charge >= 0.3 is 0 Å². The van der Waals surface area contributed by atoms with Gasteiger partial charge in [-0.05, 0) is 29.8 Å². The Morgan fingerprint density at radius 1 is 1.15 bits per heavy atom. The van der Waals surface area contributed by atoms with Crippen molar-refractivity contribution in [2.75, 3.05) is 57.9 Å². The number of anilines is 1. The predicted molar refractivity (Wildman–Crippen MR) is 127 cm³/mol. The Kier molecular flexibility index (Phi) is 7.49. The molecule has 1 amide bonds. The molecule has 10 nitrogen and oxygen atoms in total. The van der Waals surface area contributed by atoms with Crippen molar-refractivity contribution in [3.8, 4) is 11.5 Å². The Morgan fingerprint density at radius 2 is 1.88 bits per heavy atom. The summed E-state index contributed by atoms with van der Waals surface area (Å²) in [5.41, 5.74) is 2.05. The topological polar surface area (TPSA) is 117 Å². The van der Waals surface area contributed by atoms with E-state index >= 15 is 0 Å². The van der Waals surface area contributed by atoms with Crippen molar-refractivity contribution >= 4 is 17.3 Å². The number of aliphatic hydroxyl groups excluding tert-OH is 1. The highest BCUT2D eigenvalue weighted by atomic mass is 16.6. The molecule has 0 saturated carbocycles. The van der Waals surface area contributed by atoms with Crippen molar-refractivity contribution in [1.82, 2.24) is 10.2 Å². The van der Waals surface area contributed by atoms with Gasteiger partial charge in [-0.3, -0.25) is 19.8 Å². The second kappa shape index (κ2) is 10.7. The van der Waals surface area contributed by atoms with Gasteiger partial charge in [-0.1, -0.05) is 6.07 Å². The van der Waals surface area contributed by atoms with Gasteiger partial charge in [-0.25, -0.2) is 0 Å². The monoisotopic (exact) mass is 470 g/mol. The van der Waals surface area contributed by atoms with Gasteiger partial charge in [0.15, 0.2) is 11.5 Å². The van der Waals surface area contributed by atoms with Crippen LogP contribution < -0.4 is 19.7 Å². The average Bonchev–Trinajstić information content (AvgIpc) is 3.29. The lowest BCUT2D eigenvalue weighted by Gasteiger charge is -2.36. The minimum Gasteiger partial charge on any atom is -0.493 e. The maximum Gasteiger partial charge on any atom is 0.269 e. The first-order valence-corrected chi connectivity index (χ1v) is 11.4. The molecule has 0 spiro atoms. The zero-order chi connectivity index (χ0) is 24.1. The number of nitrogens with one attached hydrogen (secondary N) is 1. The number of piperazine rings is 1. The third-order valence-corrected chi connectivity index (χ3v) is 6.33. The number of non-ortho nitro benzene ring substituents is 1. The van der Waals surface area contributed by atoms with Gasteiger partial charge in [-0.2, -0.15) is 0 Å². The highest BCUT2D eigenvalue weighted by molar-refractivity contribution is 5.79. The molecule has 0 aliphatic carbocycles. The van der Waals surface area contributed by atoms with Gasteiger partial charge in [-0.15, -0.1) is 0 Å². The molecule has 0 bridgehead atoms. The molecule has 182 valence electrons. The molecule has 0 aromatic heterocycles. The van der Waals surface area contributed by atoms with E-state index in [0.29, 0.717) is 31.0 Å². The van der Waals surface area contributed by atoms with Crippen molar-refractivity contribution in [3.05, 3.63) is 58.1 Å². The first-order chi connectivity index (χ1) is 16.4. The lowest BCUT2D eigenvalue weighted by atomic mass is 9.98. The average molecular weight is 471 g/mol. The molecule has 34 heavy (non-hydrogen) atoms. The normalized spacial score (nSPS) is 19.5. The van der Waals surface area contributed by atoms with Crippen molar-refractivity contribution in [3.63, 3.8) is 0 Å². The molecule has 10 heteroatoms. The van der Waals surface area contributed by atoms with E-state index in [1.165, 1.54) is 12.1 Å². The van der Waals surface area contributed by atoms with Crippen molar-refractivity contribution in [1.29, 1.82) is 0 Å². The fourth-order valence-corrected chi connectivity index (χ4v) is 4.41. The molecular weight excluding hydrogens is 440 g/mol. The summed E-state index contributed by atoms with van der Waals surface area (Å²) < 4.78 is 11.3. The second-order valence-corrected chi connectivity index (χ2v) is 8.64. The first kappa shape index (κ1) is 23.8. The quantitative estimate of drug-likeness (QED) is 0.421. The van der Waals surface area contributed by atoms with E-state index in [9.17, 15) is 20.0 Å². The number of benzene rings is 2. The molecule has 2 N–H and O–H groups in total. The Morgan fingerprint density at radius 3 is 2.50 bits per heavy atom. The fourth-order valence-electron chi connectivity index (χ4n) is 4.41. The number of nitro groups is 1. The van der Waals surface area contributed by atoms with Crippen molar-refractivity contribution in [2.24, 2.45) is 0 Å². The van der Waals surface area contributed by atoms with Crippen LogP contribution in [0.4, 0.5) is 11.4 Å². The SMILES string of the molecule is COc1ccc(C2CNC(=O)C2)cc1OCC(O)CN1CCN(c2ccc([N+](=O)[O-])cc2)CC1. The number of amides is 1. The smallest absolute Gasteiger partial charge is 0.269 e. The van der Waals surface area contributed by atoms with E-state index in [1.54, 1.807) is 19.2 Å². The van der Waals surface area contributed by atoms with Crippen molar-refractivity contribution in [2.45, 2.75) is 18.4 Å². The van der Waals surface area contributed by atoms with Gasteiger partial charge in [0, 0.05) is 69.4 Å². The first-order valence-electron chi connectivity index (χ1n) is 11.4. The molecule has 2 aromatic carbocycles. The highest BCUT2D eigenvalue weighted by Crippen LogP contribution is 2.33. The van der Waals surface area contributed by atoms with E-state index in [0.717, 1.165) is 37.4 Å². The largest absolute Gasteiger partial charge is 0.493 e. The molecule has 2 atom stereocenters. The number of carbonyl (C=O) groups is 1. The number of methoxy groups -OCH3 is 1. The van der Waals surface area contributed by atoms with Crippen molar-refractivity contribution < 1.29 is 24.3 Å². The summed E-state index contributed by atoms with van der Waals surface area (Å²) in [6.07, 6.45) is -0.214. The van der Waals surface area contributed by atoms with E-state index in [-0.39, 0.29) is 24.1 Å². The molecule has 2 heterocycles. The number of β-amino-alcohol motifs (C(OH)–C–C–N with tert-alkyl or cyclic N) is 1. The molecule has 2 aromatic rings. The molecule has 2 unspecified atom stereocenters. The summed E-state index contributed by atoms with van der Waals surface area (Å²) >= 11 is 0. The number of hydrogen-bond donors (Lipinski definition) is 2. The molecule has 2 aliphatic rings. The van der Waals surface area contributed by atoms with Crippen LogP contribution in [-0.2, 0) is 4.79 Å². The maximum atomic E-state index is 11.5. The number of nitrogens with zero attached hydrogens (tertiary/aromatic N) is 3. The van der Waals surface area contributed by atoms with Crippen LogP contribution in [0.1, 0.15) is 17.9 Å². The Bertz CT molecular complexity index is 1010. The number of rotatable bonds is 9. The van der Waals surface area contributed by atoms with Crippen LogP contribution >= 0.6 is 0 Å². The van der Waals surface area contributed by atoms with E-state index < -0.39 is 11.0 Å². The molecule has 2 saturated heterocycles. The number of aliphatic hydroxyl groups is 1. The lowest BCUT2D eigenvalue weighted by Crippen LogP contribution is -2.49. The third kappa shape index (κ3) is 5.75. The van der Waals surface area contributed by atoms with Crippen LogP contribution in [0.3, 0.4) is 0 Å². The minimum atomic E-state index is -0.672. The number of ether oxygens (including phenoxy) is 2. The predicted octanol–water partition coefficient (Wildman–Crippen LogP) is 1.77. The van der Waals surface area contributed by atoms with Gasteiger partial charge in [0.25, 0.3) is 5.69 Å². The Labute approximate surface area is 198 Å². The summed E-state index contributed by atoms with van der Waals surface area (Å²) in [4.78, 5) is 26.3. The van der Waals surface area contributed by atoms with Crippen LogP contribution in [0.15, 0.2) is 42.5 Å². The Balaban J connectivity index is 1.26. The van der Waals surface area contributed by atoms with Crippen LogP contribution in [0.5, 0.6) is 11.5 Å². The number of carbonyl (C=O) groups excluding carboxylic acids is 1. The zero-order valence-electron chi connectivity index (χ0n) is 19.2. The lowest BCUT2D eigenvalue weighted by molar-refractivity contribution is -0.384. The molecule has 0 radical (unpaired) electrons. The van der Waals surface area contributed by atoms with Gasteiger partial charge in [0.05, 0.1) is 12.0 Å². The van der Waals surface area contributed by atoms with E-state index in [1.807, 2.05) is 18.2 Å². The molecule has 2 fully saturated rings. The van der Waals surface area contributed by atoms with Gasteiger partial charge in [0.2, 0.25) is 5.91 Å². The van der Waals surface area contributed by atoms with Gasteiger partial charge < -0.3 is 24.8 Å². The van der Waals surface area contributed by atoms with Gasteiger partial charge in [0.1, 0.15) is 12.7 Å². The maximum absolute atomic E-state index is 11.5. The zero-order valence-corrected chi connectivity index (χ0v) is 19.2. The summed E-state index contributed by atoms with van der Waals surface area (Å²) in [6.45, 7) is 4.32. The van der Waals surface area contributed by atoms with Crippen LogP contribution in [0.25, 0.3) is 0 Å². The van der Waals surface area contributed by atoms with E-state index in [4.69, 9.17) is 9.47 Å². The Hall–Kier alpha value is -3.37. The van der Waals surface area contributed by atoms with E-state index in [2.05, 4.69) is 15.1 Å². The third-order valence-electron chi connectivity index (χ3n) is 6.33. The van der Waals surface area contributed by atoms with Crippen LogP contribution in [0.2, 0.25) is 0 Å². The molecule has 2 aliphatic heterocycles. The summed E-state index contributed by atoms with van der Waals surface area (Å²) in [7, 11) is 1.57. The van der Waals surface area contributed by atoms with Crippen LogP contribution in [0, 0.1) is 10.1 Å². The molecule has 4 rings (SSSR count). The molecular formula is C24H30N4O6. The summed E-state index contributed by atoms with van der Waals surface area (Å²) in [5, 5.41) is 24.2. The number of nitro benzene ring substituents is 1. The summed E-state index contributed by atoms with van der Waals surface area (Å²) in [6, 6.07) is 12.2. The standard InChI is InChI=1S/C24H30N4O6/c1-33-22-7-2-17(18-13-24(30)25-14-18)12-23(22)34-16-21(29)15-26-8-10-27(11-9-26)19-3-5-20(6-4-19)28(31)32/h2-7,12,18,21,29H,8-11,13-16H2,1H3,(H,25,30). The number of hydrogen-bond acceptors (Lipinski definition) is 8. The fraction of sp³-hybridized carbons (Fsp3) is 0.458. The summed E-state index contributed by atoms with van der Waals surface area (Å²) in [5.74, 6) is 1.30. The minimum absolute atomic E-state index is 0.0485. The highest BCUT2D eigenvalue weighted by Gasteiger charge is 2.25.